The average Bonchev–Trinajstić information content (AvgIpc) is 2.52. The minimum absolute atomic E-state index is 0.396. The Labute approximate surface area is 151 Å². The first-order valence-corrected chi connectivity index (χ1v) is 10.1. The van der Waals surface area contributed by atoms with Gasteiger partial charge in [-0.3, -0.25) is 0 Å². The molecule has 0 saturated carbocycles. The fraction of sp³-hybridized carbons (Fsp3) is 0.400. The van der Waals surface area contributed by atoms with E-state index >= 15 is 0 Å². The van der Waals surface area contributed by atoms with E-state index in [4.69, 9.17) is 4.74 Å². The van der Waals surface area contributed by atoms with Crippen LogP contribution in [0.5, 0.6) is 5.75 Å². The average molecular weight is 362 g/mol. The maximum atomic E-state index is 12.6. The molecule has 0 heterocycles. The molecular weight excluding hydrogens is 334 g/mol. The Balaban J connectivity index is 2.00. The number of nitrogens with one attached hydrogen (secondary N) is 1. The topological polar surface area (TPSA) is 55.4 Å². The summed E-state index contributed by atoms with van der Waals surface area (Å²) in [6, 6.07) is 11.7. The number of para-hydroxylation sites is 1. The normalized spacial score (nSPS) is 11.5. The van der Waals surface area contributed by atoms with Crippen LogP contribution in [-0.4, -0.2) is 21.6 Å². The molecule has 0 spiro atoms. The van der Waals surface area contributed by atoms with Crippen LogP contribution in [0.1, 0.15) is 35.6 Å². The van der Waals surface area contributed by atoms with Crippen molar-refractivity contribution >= 4 is 10.0 Å². The molecule has 0 fully saturated rings. The SMILES string of the molecule is CCOc1ccccc1CCCNS(=O)(=O)c1c(C)cc(C)cc1C. The lowest BCUT2D eigenvalue weighted by Gasteiger charge is -2.13. The third kappa shape index (κ3) is 5.06. The molecule has 0 bridgehead atoms. The summed E-state index contributed by atoms with van der Waals surface area (Å²) >= 11 is 0. The number of hydrogen-bond donors (Lipinski definition) is 1. The van der Waals surface area contributed by atoms with E-state index in [1.165, 1.54) is 0 Å². The van der Waals surface area contributed by atoms with Gasteiger partial charge < -0.3 is 4.74 Å². The second-order valence-corrected chi connectivity index (χ2v) is 7.97. The molecule has 0 amide bonds. The first-order valence-electron chi connectivity index (χ1n) is 8.63. The lowest BCUT2D eigenvalue weighted by molar-refractivity contribution is 0.336. The molecule has 0 saturated heterocycles. The van der Waals surface area contributed by atoms with Gasteiger partial charge in [0.25, 0.3) is 0 Å². The molecular formula is C20H27NO3S. The lowest BCUT2D eigenvalue weighted by Crippen LogP contribution is -2.26. The largest absolute Gasteiger partial charge is 0.494 e. The smallest absolute Gasteiger partial charge is 0.241 e. The van der Waals surface area contributed by atoms with Crippen molar-refractivity contribution in [3.05, 3.63) is 58.7 Å². The molecule has 2 rings (SSSR count). The van der Waals surface area contributed by atoms with Gasteiger partial charge in [-0.2, -0.15) is 0 Å². The minimum atomic E-state index is -3.49. The molecule has 2 aromatic rings. The first kappa shape index (κ1) is 19.5. The molecule has 0 unspecified atom stereocenters. The zero-order valence-corrected chi connectivity index (χ0v) is 16.2. The highest BCUT2D eigenvalue weighted by Crippen LogP contribution is 2.22. The van der Waals surface area contributed by atoms with Crippen LogP contribution < -0.4 is 9.46 Å². The zero-order chi connectivity index (χ0) is 18.4. The molecule has 0 atom stereocenters. The predicted octanol–water partition coefficient (Wildman–Crippen LogP) is 3.92. The Morgan fingerprint density at radius 1 is 1.04 bits per heavy atom. The van der Waals surface area contributed by atoms with E-state index in [0.717, 1.165) is 34.4 Å². The Bertz CT molecular complexity index is 806. The molecule has 0 radical (unpaired) electrons. The number of ether oxygens (including phenoxy) is 1. The van der Waals surface area contributed by atoms with E-state index < -0.39 is 10.0 Å². The van der Waals surface area contributed by atoms with Gasteiger partial charge in [-0.1, -0.05) is 35.9 Å². The zero-order valence-electron chi connectivity index (χ0n) is 15.4. The van der Waals surface area contributed by atoms with E-state index in [0.29, 0.717) is 24.5 Å². The van der Waals surface area contributed by atoms with Crippen molar-refractivity contribution in [3.63, 3.8) is 0 Å². The third-order valence-corrected chi connectivity index (χ3v) is 5.83. The summed E-state index contributed by atoms with van der Waals surface area (Å²) < 4.78 is 33.6. The van der Waals surface area contributed by atoms with Crippen molar-refractivity contribution in [1.82, 2.24) is 4.72 Å². The van der Waals surface area contributed by atoms with Crippen molar-refractivity contribution in [2.75, 3.05) is 13.2 Å². The molecule has 2 aromatic carbocycles. The summed E-state index contributed by atoms with van der Waals surface area (Å²) in [6.07, 6.45) is 1.48. The van der Waals surface area contributed by atoms with Gasteiger partial charge in [0.05, 0.1) is 11.5 Å². The minimum Gasteiger partial charge on any atom is -0.494 e. The van der Waals surface area contributed by atoms with Crippen LogP contribution in [0.4, 0.5) is 0 Å². The fourth-order valence-corrected chi connectivity index (χ4v) is 4.68. The van der Waals surface area contributed by atoms with Gasteiger partial charge in [0.2, 0.25) is 10.0 Å². The Morgan fingerprint density at radius 3 is 2.32 bits per heavy atom. The van der Waals surface area contributed by atoms with Crippen molar-refractivity contribution in [2.45, 2.75) is 45.4 Å². The van der Waals surface area contributed by atoms with Crippen LogP contribution in [-0.2, 0) is 16.4 Å². The van der Waals surface area contributed by atoms with Crippen molar-refractivity contribution in [3.8, 4) is 5.75 Å². The number of sulfonamides is 1. The summed E-state index contributed by atoms with van der Waals surface area (Å²) in [7, 11) is -3.49. The molecule has 0 aliphatic carbocycles. The highest BCUT2D eigenvalue weighted by Gasteiger charge is 2.19. The van der Waals surface area contributed by atoms with Crippen LogP contribution in [0.2, 0.25) is 0 Å². The van der Waals surface area contributed by atoms with Gasteiger partial charge in [-0.15, -0.1) is 0 Å². The number of benzene rings is 2. The van der Waals surface area contributed by atoms with Crippen molar-refractivity contribution in [1.29, 1.82) is 0 Å². The summed E-state index contributed by atoms with van der Waals surface area (Å²) in [5, 5.41) is 0. The number of hydrogen-bond acceptors (Lipinski definition) is 3. The molecule has 4 nitrogen and oxygen atoms in total. The second kappa shape index (κ2) is 8.50. The molecule has 0 aliphatic rings. The van der Waals surface area contributed by atoms with Crippen LogP contribution in [0.3, 0.4) is 0 Å². The third-order valence-electron chi connectivity index (χ3n) is 4.06. The maximum Gasteiger partial charge on any atom is 0.241 e. The van der Waals surface area contributed by atoms with Crippen molar-refractivity contribution in [2.24, 2.45) is 0 Å². The summed E-state index contributed by atoms with van der Waals surface area (Å²) in [5.74, 6) is 0.873. The first-order chi connectivity index (χ1) is 11.8. The van der Waals surface area contributed by atoms with Gasteiger partial charge in [-0.25, -0.2) is 13.1 Å². The van der Waals surface area contributed by atoms with Crippen LogP contribution in [0.25, 0.3) is 0 Å². The standard InChI is InChI=1S/C20H27NO3S/c1-5-24-19-11-7-6-9-18(19)10-8-12-21-25(22,23)20-16(3)13-15(2)14-17(20)4/h6-7,9,11,13-14,21H,5,8,10,12H2,1-4H3. The van der Waals surface area contributed by atoms with Crippen molar-refractivity contribution < 1.29 is 13.2 Å². The Kier molecular flexibility index (Phi) is 6.62. The number of rotatable bonds is 8. The fourth-order valence-electron chi connectivity index (χ4n) is 3.15. The van der Waals surface area contributed by atoms with E-state index in [1.807, 2.05) is 64.1 Å². The molecule has 136 valence electrons. The Morgan fingerprint density at radius 2 is 1.68 bits per heavy atom. The highest BCUT2D eigenvalue weighted by molar-refractivity contribution is 7.89. The summed E-state index contributed by atoms with van der Waals surface area (Å²) in [6.45, 7) is 8.63. The van der Waals surface area contributed by atoms with E-state index in [1.54, 1.807) is 0 Å². The van der Waals surface area contributed by atoms with Gasteiger partial charge in [0.1, 0.15) is 5.75 Å². The van der Waals surface area contributed by atoms with E-state index in [2.05, 4.69) is 4.72 Å². The van der Waals surface area contributed by atoms with Crippen LogP contribution in [0, 0.1) is 20.8 Å². The van der Waals surface area contributed by atoms with E-state index in [9.17, 15) is 8.42 Å². The maximum absolute atomic E-state index is 12.6. The lowest BCUT2D eigenvalue weighted by atomic mass is 10.1. The van der Waals surface area contributed by atoms with Gasteiger partial charge >= 0.3 is 0 Å². The van der Waals surface area contributed by atoms with Gasteiger partial charge in [0.15, 0.2) is 0 Å². The molecule has 25 heavy (non-hydrogen) atoms. The molecule has 0 aliphatic heterocycles. The monoisotopic (exact) mass is 361 g/mol. The van der Waals surface area contributed by atoms with Crippen LogP contribution >= 0.6 is 0 Å². The van der Waals surface area contributed by atoms with E-state index in [-0.39, 0.29) is 0 Å². The summed E-state index contributed by atoms with van der Waals surface area (Å²) in [5.41, 5.74) is 3.74. The van der Waals surface area contributed by atoms with Gasteiger partial charge in [0, 0.05) is 6.54 Å². The Hall–Kier alpha value is -1.85. The summed E-state index contributed by atoms with van der Waals surface area (Å²) in [4.78, 5) is 0.396. The highest BCUT2D eigenvalue weighted by atomic mass is 32.2. The number of aryl methyl sites for hydroxylation is 4. The molecule has 5 heteroatoms. The molecule has 0 aromatic heterocycles. The predicted molar refractivity (Wildman–Crippen MR) is 102 cm³/mol. The molecule has 1 N–H and O–H groups in total. The second-order valence-electron chi connectivity index (χ2n) is 6.27. The quantitative estimate of drug-likeness (QED) is 0.725. The van der Waals surface area contributed by atoms with Crippen LogP contribution in [0.15, 0.2) is 41.3 Å². The van der Waals surface area contributed by atoms with Gasteiger partial charge in [-0.05, 0) is 63.3 Å².